The van der Waals surface area contributed by atoms with E-state index in [0.29, 0.717) is 6.04 Å². The molecule has 2 unspecified atom stereocenters. The maximum atomic E-state index is 3.65. The van der Waals surface area contributed by atoms with Crippen LogP contribution in [0.2, 0.25) is 0 Å². The smallest absolute Gasteiger partial charge is 0.0695 e. The van der Waals surface area contributed by atoms with Crippen molar-refractivity contribution in [3.8, 4) is 0 Å². The second kappa shape index (κ2) is 4.19. The van der Waals surface area contributed by atoms with Crippen molar-refractivity contribution < 1.29 is 0 Å². The molecule has 20 heavy (non-hydrogen) atoms. The van der Waals surface area contributed by atoms with Crippen LogP contribution in [-0.2, 0) is 12.0 Å². The SMILES string of the molecule is CN1C2CCc3ccc(Br)cc3C1(C)c1ccccc12. The first-order valence-corrected chi connectivity index (χ1v) is 8.03. The van der Waals surface area contributed by atoms with Crippen LogP contribution < -0.4 is 0 Å². The minimum absolute atomic E-state index is 0.00310. The van der Waals surface area contributed by atoms with Crippen LogP contribution in [0.25, 0.3) is 0 Å². The van der Waals surface area contributed by atoms with Crippen molar-refractivity contribution >= 4 is 15.9 Å². The molecule has 2 aromatic carbocycles. The molecular weight excluding hydrogens is 310 g/mol. The van der Waals surface area contributed by atoms with Crippen LogP contribution in [0.15, 0.2) is 46.9 Å². The van der Waals surface area contributed by atoms with Gasteiger partial charge in [-0.15, -0.1) is 0 Å². The molecule has 102 valence electrons. The second-order valence-electron chi connectivity index (χ2n) is 6.13. The van der Waals surface area contributed by atoms with Crippen LogP contribution in [-0.4, -0.2) is 11.9 Å². The molecule has 1 nitrogen and oxygen atoms in total. The highest BCUT2D eigenvalue weighted by Gasteiger charge is 2.48. The lowest BCUT2D eigenvalue weighted by Crippen LogP contribution is -2.37. The Balaban J connectivity index is 2.06. The maximum Gasteiger partial charge on any atom is 0.0695 e. The Morgan fingerprint density at radius 2 is 1.95 bits per heavy atom. The summed E-state index contributed by atoms with van der Waals surface area (Å²) in [5.41, 5.74) is 5.95. The van der Waals surface area contributed by atoms with E-state index in [1.54, 1.807) is 0 Å². The first-order valence-electron chi connectivity index (χ1n) is 7.23. The fourth-order valence-corrected chi connectivity index (χ4v) is 4.50. The zero-order chi connectivity index (χ0) is 13.9. The molecule has 0 aromatic heterocycles. The number of fused-ring (bicyclic) bond motifs is 7. The standard InChI is InChI=1S/C18H18BrN/c1-18-15-6-4-3-5-14(15)17(20(18)2)10-8-12-7-9-13(19)11-16(12)18/h3-7,9,11,17H,8,10H2,1-2H3. The third kappa shape index (κ3) is 1.47. The van der Waals surface area contributed by atoms with Crippen molar-refractivity contribution in [3.63, 3.8) is 0 Å². The van der Waals surface area contributed by atoms with Gasteiger partial charge in [0.05, 0.1) is 5.54 Å². The molecule has 2 atom stereocenters. The van der Waals surface area contributed by atoms with Crippen molar-refractivity contribution in [2.75, 3.05) is 7.05 Å². The first-order chi connectivity index (χ1) is 9.62. The lowest BCUT2D eigenvalue weighted by molar-refractivity contribution is 0.151. The topological polar surface area (TPSA) is 3.24 Å². The summed E-state index contributed by atoms with van der Waals surface area (Å²) in [4.78, 5) is 2.57. The number of benzene rings is 2. The highest BCUT2D eigenvalue weighted by Crippen LogP contribution is 2.53. The van der Waals surface area contributed by atoms with E-state index in [1.807, 2.05) is 0 Å². The zero-order valence-corrected chi connectivity index (χ0v) is 13.4. The van der Waals surface area contributed by atoms with E-state index in [9.17, 15) is 0 Å². The highest BCUT2D eigenvalue weighted by atomic mass is 79.9. The predicted octanol–water partition coefficient (Wildman–Crippen LogP) is 4.65. The monoisotopic (exact) mass is 327 g/mol. The molecule has 0 amide bonds. The largest absolute Gasteiger partial charge is 0.286 e. The average Bonchev–Trinajstić information content (AvgIpc) is 2.60. The molecule has 2 aliphatic heterocycles. The van der Waals surface area contributed by atoms with E-state index < -0.39 is 0 Å². The highest BCUT2D eigenvalue weighted by molar-refractivity contribution is 9.10. The van der Waals surface area contributed by atoms with Crippen LogP contribution in [0, 0.1) is 0 Å². The normalized spacial score (nSPS) is 27.9. The number of nitrogens with zero attached hydrogens (tertiary/aromatic N) is 1. The van der Waals surface area contributed by atoms with Crippen LogP contribution in [0.4, 0.5) is 0 Å². The summed E-state index contributed by atoms with van der Waals surface area (Å²) in [6.45, 7) is 2.38. The van der Waals surface area contributed by atoms with Crippen LogP contribution >= 0.6 is 15.9 Å². The van der Waals surface area contributed by atoms with Crippen molar-refractivity contribution in [2.45, 2.75) is 31.3 Å². The van der Waals surface area contributed by atoms with Gasteiger partial charge in [0.1, 0.15) is 0 Å². The number of aryl methyl sites for hydroxylation is 1. The van der Waals surface area contributed by atoms with E-state index in [1.165, 1.54) is 39.6 Å². The Morgan fingerprint density at radius 1 is 1.15 bits per heavy atom. The minimum atomic E-state index is -0.00310. The van der Waals surface area contributed by atoms with Gasteiger partial charge in [0.25, 0.3) is 0 Å². The number of halogens is 1. The molecule has 2 aromatic rings. The summed E-state index contributed by atoms with van der Waals surface area (Å²) >= 11 is 3.65. The molecular formula is C18H18BrN. The molecule has 2 heteroatoms. The third-order valence-corrected chi connectivity index (χ3v) is 5.79. The van der Waals surface area contributed by atoms with Crippen molar-refractivity contribution in [2.24, 2.45) is 0 Å². The van der Waals surface area contributed by atoms with Gasteiger partial charge in [-0.1, -0.05) is 46.3 Å². The summed E-state index contributed by atoms with van der Waals surface area (Å²) in [6, 6.07) is 16.3. The van der Waals surface area contributed by atoms with Gasteiger partial charge < -0.3 is 0 Å². The summed E-state index contributed by atoms with van der Waals surface area (Å²) in [7, 11) is 2.28. The van der Waals surface area contributed by atoms with Gasteiger partial charge in [0.2, 0.25) is 0 Å². The molecule has 0 fully saturated rings. The molecule has 4 rings (SSSR count). The predicted molar refractivity (Wildman–Crippen MR) is 85.9 cm³/mol. The molecule has 0 spiro atoms. The summed E-state index contributed by atoms with van der Waals surface area (Å²) in [5.74, 6) is 0. The van der Waals surface area contributed by atoms with Gasteiger partial charge in [0.15, 0.2) is 0 Å². The van der Waals surface area contributed by atoms with Crippen molar-refractivity contribution in [1.82, 2.24) is 4.90 Å². The van der Waals surface area contributed by atoms with Crippen LogP contribution in [0.5, 0.6) is 0 Å². The number of rotatable bonds is 0. The van der Waals surface area contributed by atoms with Crippen molar-refractivity contribution in [3.05, 3.63) is 69.2 Å². The van der Waals surface area contributed by atoms with Gasteiger partial charge >= 0.3 is 0 Å². The summed E-state index contributed by atoms with van der Waals surface area (Å²) in [6.07, 6.45) is 2.37. The fourth-order valence-electron chi connectivity index (χ4n) is 4.14. The third-order valence-electron chi connectivity index (χ3n) is 5.30. The Bertz CT molecular complexity index is 694. The van der Waals surface area contributed by atoms with Gasteiger partial charge in [0, 0.05) is 10.5 Å². The molecule has 0 aliphatic carbocycles. The molecule has 0 saturated carbocycles. The summed E-state index contributed by atoms with van der Waals surface area (Å²) in [5, 5.41) is 0. The van der Waals surface area contributed by atoms with Gasteiger partial charge in [-0.3, -0.25) is 4.90 Å². The zero-order valence-electron chi connectivity index (χ0n) is 11.9. The van der Waals surface area contributed by atoms with Gasteiger partial charge in [-0.2, -0.15) is 0 Å². The summed E-state index contributed by atoms with van der Waals surface area (Å²) < 4.78 is 1.17. The molecule has 0 radical (unpaired) electrons. The number of hydrogen-bond acceptors (Lipinski definition) is 1. The van der Waals surface area contributed by atoms with E-state index in [-0.39, 0.29) is 5.54 Å². The Hall–Kier alpha value is -1.12. The molecule has 2 bridgehead atoms. The fraction of sp³-hybridized carbons (Fsp3) is 0.333. The molecule has 2 heterocycles. The van der Waals surface area contributed by atoms with E-state index in [0.717, 1.165) is 0 Å². The van der Waals surface area contributed by atoms with Crippen molar-refractivity contribution in [1.29, 1.82) is 0 Å². The lowest BCUT2D eigenvalue weighted by atomic mass is 9.80. The molecule has 2 aliphatic rings. The Kier molecular flexibility index (Phi) is 2.64. The van der Waals surface area contributed by atoms with Gasteiger partial charge in [-0.05, 0) is 61.2 Å². The van der Waals surface area contributed by atoms with E-state index in [4.69, 9.17) is 0 Å². The quantitative estimate of drug-likeness (QED) is 0.681. The van der Waals surface area contributed by atoms with E-state index in [2.05, 4.69) is 77.3 Å². The molecule has 0 N–H and O–H groups in total. The van der Waals surface area contributed by atoms with Crippen LogP contribution in [0.1, 0.15) is 41.6 Å². The Morgan fingerprint density at radius 3 is 2.80 bits per heavy atom. The average molecular weight is 328 g/mol. The maximum absolute atomic E-state index is 3.65. The first kappa shape index (κ1) is 12.6. The van der Waals surface area contributed by atoms with Gasteiger partial charge in [-0.25, -0.2) is 0 Å². The van der Waals surface area contributed by atoms with E-state index >= 15 is 0 Å². The molecule has 0 saturated heterocycles. The number of hydrogen-bond donors (Lipinski definition) is 0. The minimum Gasteiger partial charge on any atom is -0.286 e. The second-order valence-corrected chi connectivity index (χ2v) is 7.04. The van der Waals surface area contributed by atoms with Crippen LogP contribution in [0.3, 0.4) is 0 Å². The lowest BCUT2D eigenvalue weighted by Gasteiger charge is -2.36. The Labute approximate surface area is 128 Å².